The third-order valence-corrected chi connectivity index (χ3v) is 4.55. The van der Waals surface area contributed by atoms with Crippen LogP contribution in [-0.2, 0) is 5.92 Å². The fourth-order valence-electron chi connectivity index (χ4n) is 3.00. The van der Waals surface area contributed by atoms with E-state index in [4.69, 9.17) is 4.74 Å². The Kier molecular flexibility index (Phi) is 5.74. The summed E-state index contributed by atoms with van der Waals surface area (Å²) < 4.78 is 59.2. The van der Waals surface area contributed by atoms with E-state index < -0.39 is 60.7 Å². The summed E-state index contributed by atoms with van der Waals surface area (Å²) in [5.74, 6) is -7.95. The summed E-state index contributed by atoms with van der Waals surface area (Å²) in [6.07, 6.45) is -0.0508. The van der Waals surface area contributed by atoms with Gasteiger partial charge in [-0.1, -0.05) is 18.2 Å². The molecule has 0 unspecified atom stereocenters. The number of halogens is 4. The largest absolute Gasteiger partial charge is 0.437 e. The zero-order valence-electron chi connectivity index (χ0n) is 15.4. The molecule has 0 spiro atoms. The first-order valence-electron chi connectivity index (χ1n) is 8.87. The number of alkyl halides is 4. The Morgan fingerprint density at radius 3 is 2.55 bits per heavy atom. The summed E-state index contributed by atoms with van der Waals surface area (Å²) in [4.78, 5) is 19.9. The number of carbonyl (C=O) groups is 1. The van der Waals surface area contributed by atoms with Crippen LogP contribution >= 0.6 is 0 Å². The van der Waals surface area contributed by atoms with Gasteiger partial charge in [-0.05, 0) is 18.1 Å². The molecular weight excluding hydrogens is 394 g/mol. The van der Waals surface area contributed by atoms with Crippen molar-refractivity contribution in [2.45, 2.75) is 37.7 Å². The van der Waals surface area contributed by atoms with E-state index in [1.165, 1.54) is 12.1 Å². The lowest BCUT2D eigenvalue weighted by Gasteiger charge is -2.39. The van der Waals surface area contributed by atoms with Crippen LogP contribution in [0.1, 0.15) is 35.9 Å². The number of aliphatic hydroxyl groups excluding tert-OH is 1. The Labute approximate surface area is 163 Å². The number of nitrogens with zero attached hydrogens (tertiary/aromatic N) is 2. The molecule has 1 aliphatic carbocycles. The first kappa shape index (κ1) is 21.0. The fourth-order valence-corrected chi connectivity index (χ4v) is 3.00. The lowest BCUT2D eigenvalue weighted by atomic mass is 9.76. The molecule has 156 valence electrons. The summed E-state index contributed by atoms with van der Waals surface area (Å²) in [6, 6.07) is 7.09. The quantitative estimate of drug-likeness (QED) is 0.679. The highest BCUT2D eigenvalue weighted by Crippen LogP contribution is 2.44. The van der Waals surface area contributed by atoms with Crippen molar-refractivity contribution in [1.29, 1.82) is 0 Å². The van der Waals surface area contributed by atoms with Gasteiger partial charge in [-0.15, -0.1) is 0 Å². The van der Waals surface area contributed by atoms with Crippen LogP contribution in [0.3, 0.4) is 0 Å². The topological polar surface area (TPSA) is 84.3 Å². The molecule has 1 fully saturated rings. The lowest BCUT2D eigenvalue weighted by molar-refractivity contribution is -0.121. The Bertz CT molecular complexity index is 867. The summed E-state index contributed by atoms with van der Waals surface area (Å²) in [7, 11) is 0. The molecule has 2 N–H and O–H groups in total. The number of hydrogen-bond donors (Lipinski definition) is 2. The Hall–Kier alpha value is -2.75. The second-order valence-electron chi connectivity index (χ2n) is 7.00. The van der Waals surface area contributed by atoms with Gasteiger partial charge >= 0.3 is 0 Å². The molecule has 0 radical (unpaired) electrons. The number of ether oxygens (including phenoxy) is 1. The van der Waals surface area contributed by atoms with Crippen molar-refractivity contribution in [3.05, 3.63) is 47.9 Å². The molecule has 1 amide bonds. The summed E-state index contributed by atoms with van der Waals surface area (Å²) in [6.45, 7) is 0.0750. The van der Waals surface area contributed by atoms with E-state index >= 15 is 0 Å². The number of nitrogens with one attached hydrogen (secondary N) is 1. The number of aliphatic hydroxyl groups is 1. The molecule has 1 aliphatic rings. The Morgan fingerprint density at radius 1 is 1.34 bits per heavy atom. The predicted molar refractivity (Wildman–Crippen MR) is 94.1 cm³/mol. The highest BCUT2D eigenvalue weighted by Gasteiger charge is 2.48. The average Bonchev–Trinajstić information content (AvgIpc) is 2.64. The van der Waals surface area contributed by atoms with Gasteiger partial charge in [0.2, 0.25) is 11.8 Å². The van der Waals surface area contributed by atoms with E-state index in [0.717, 1.165) is 6.20 Å². The van der Waals surface area contributed by atoms with E-state index in [1.807, 2.05) is 0 Å². The third kappa shape index (κ3) is 5.00. The van der Waals surface area contributed by atoms with Crippen LogP contribution in [0.4, 0.5) is 17.6 Å². The van der Waals surface area contributed by atoms with Crippen LogP contribution in [0, 0.1) is 5.92 Å². The molecule has 1 aromatic carbocycles. The monoisotopic (exact) mass is 413 g/mol. The highest BCUT2D eigenvalue weighted by molar-refractivity contribution is 5.92. The van der Waals surface area contributed by atoms with E-state index in [9.17, 15) is 27.5 Å². The maximum Gasteiger partial charge on any atom is 0.292 e. The molecule has 10 heteroatoms. The minimum Gasteiger partial charge on any atom is -0.437 e. The van der Waals surface area contributed by atoms with Crippen molar-refractivity contribution in [3.63, 3.8) is 0 Å². The van der Waals surface area contributed by atoms with Crippen molar-refractivity contribution in [2.75, 3.05) is 6.61 Å². The molecule has 29 heavy (non-hydrogen) atoms. The summed E-state index contributed by atoms with van der Waals surface area (Å²) in [5.41, 5.74) is -1.09. The van der Waals surface area contributed by atoms with Crippen LogP contribution in [0.2, 0.25) is 0 Å². The first-order chi connectivity index (χ1) is 13.6. The maximum atomic E-state index is 13.9. The molecule has 1 atom stereocenters. The zero-order valence-corrected chi connectivity index (χ0v) is 15.4. The van der Waals surface area contributed by atoms with E-state index in [0.29, 0.717) is 6.92 Å². The fraction of sp³-hybridized carbons (Fsp3) is 0.421. The molecule has 2 aromatic rings. The van der Waals surface area contributed by atoms with Crippen LogP contribution in [0.5, 0.6) is 11.6 Å². The number of carbonyl (C=O) groups excluding carboxylic acids is 1. The van der Waals surface area contributed by atoms with E-state index in [2.05, 4.69) is 15.3 Å². The number of rotatable bonds is 7. The average molecular weight is 413 g/mol. The molecule has 1 aromatic heterocycles. The van der Waals surface area contributed by atoms with E-state index in [-0.39, 0.29) is 11.4 Å². The highest BCUT2D eigenvalue weighted by atomic mass is 19.3. The molecule has 0 saturated heterocycles. The normalized spacial score (nSPS) is 17.3. The minimum absolute atomic E-state index is 0.217. The van der Waals surface area contributed by atoms with Gasteiger partial charge in [-0.2, -0.15) is 8.78 Å². The Morgan fingerprint density at radius 2 is 2.00 bits per heavy atom. The number of benzene rings is 1. The molecule has 1 heterocycles. The van der Waals surface area contributed by atoms with Crippen molar-refractivity contribution >= 4 is 5.91 Å². The van der Waals surface area contributed by atoms with Crippen LogP contribution in [-0.4, -0.2) is 39.6 Å². The molecule has 3 rings (SSSR count). The van der Waals surface area contributed by atoms with Crippen LogP contribution in [0.25, 0.3) is 0 Å². The van der Waals surface area contributed by atoms with Gasteiger partial charge in [0.05, 0.1) is 18.8 Å². The molecule has 1 saturated carbocycles. The third-order valence-electron chi connectivity index (χ3n) is 4.55. The number of hydrogen-bond acceptors (Lipinski definition) is 5. The number of aromatic nitrogens is 2. The molecule has 0 bridgehead atoms. The van der Waals surface area contributed by atoms with Gasteiger partial charge in [0.25, 0.3) is 11.8 Å². The zero-order chi connectivity index (χ0) is 21.2. The molecule has 6 nitrogen and oxygen atoms in total. The first-order valence-corrected chi connectivity index (χ1v) is 8.87. The predicted octanol–water partition coefficient (Wildman–Crippen LogP) is 3.52. The lowest BCUT2D eigenvalue weighted by Crippen LogP contribution is -2.51. The smallest absolute Gasteiger partial charge is 0.292 e. The minimum atomic E-state index is -3.38. The van der Waals surface area contributed by atoms with Gasteiger partial charge in [0, 0.05) is 19.8 Å². The van der Waals surface area contributed by atoms with Crippen LogP contribution < -0.4 is 10.1 Å². The van der Waals surface area contributed by atoms with Gasteiger partial charge in [0.1, 0.15) is 5.75 Å². The summed E-state index contributed by atoms with van der Waals surface area (Å²) >= 11 is 0. The summed E-state index contributed by atoms with van der Waals surface area (Å²) in [5, 5.41) is 11.8. The second kappa shape index (κ2) is 7.94. The van der Waals surface area contributed by atoms with Crippen molar-refractivity contribution in [1.82, 2.24) is 15.3 Å². The van der Waals surface area contributed by atoms with Gasteiger partial charge in [-0.3, -0.25) is 4.79 Å². The number of para-hydroxylation sites is 1. The van der Waals surface area contributed by atoms with Gasteiger partial charge < -0.3 is 15.2 Å². The van der Waals surface area contributed by atoms with Crippen LogP contribution in [0.15, 0.2) is 36.5 Å². The standard InChI is InChI=1S/C19H19F4N3O3/c1-18(20,21)15-17(29-12-5-3-2-4-6-12)26-13(9-24-15)16(28)25-14(10-27)11-7-19(22,23)8-11/h2-6,9,11,14,27H,7-8,10H2,1H3,(H,25,28)/t14-/m1/s1. The van der Waals surface area contributed by atoms with Crippen molar-refractivity contribution in [2.24, 2.45) is 5.92 Å². The van der Waals surface area contributed by atoms with Gasteiger partial charge in [0.15, 0.2) is 11.4 Å². The molecular formula is C19H19F4N3O3. The second-order valence-corrected chi connectivity index (χ2v) is 7.00. The number of amides is 1. The van der Waals surface area contributed by atoms with Gasteiger partial charge in [-0.25, -0.2) is 18.7 Å². The Balaban J connectivity index is 1.81. The van der Waals surface area contributed by atoms with E-state index in [1.54, 1.807) is 18.2 Å². The SMILES string of the molecule is CC(F)(F)c1ncc(C(=O)N[C@H](CO)C2CC(F)(F)C2)nc1Oc1ccccc1. The molecule has 0 aliphatic heterocycles. The maximum absolute atomic E-state index is 13.9. The van der Waals surface area contributed by atoms with Crippen molar-refractivity contribution < 1.29 is 32.2 Å². The van der Waals surface area contributed by atoms with Crippen molar-refractivity contribution in [3.8, 4) is 11.6 Å².